The van der Waals surface area contributed by atoms with Crippen LogP contribution < -0.4 is 0 Å². The Hall–Kier alpha value is 0.510. The number of allylic oxidation sites excluding steroid dienone is 3. The maximum atomic E-state index is 13.3. The Morgan fingerprint density at radius 1 is 1.62 bits per heavy atom. The van der Waals surface area contributed by atoms with E-state index in [9.17, 15) is 4.39 Å². The first kappa shape index (κ1) is 16.5. The Morgan fingerprint density at radius 3 is 2.75 bits per heavy atom. The van der Waals surface area contributed by atoms with Crippen LogP contribution >= 0.6 is 41.2 Å². The molecular weight excluding hydrogens is 283 g/mol. The second-order valence-corrected chi connectivity index (χ2v) is 12.6. The summed E-state index contributed by atoms with van der Waals surface area (Å²) in [5.74, 6) is 0.104. The van der Waals surface area contributed by atoms with Crippen LogP contribution in [-0.4, -0.2) is 18.8 Å². The molecule has 0 radical (unpaired) electrons. The fourth-order valence-electron chi connectivity index (χ4n) is 0.709. The molecule has 0 aromatic carbocycles. The van der Waals surface area contributed by atoms with Crippen molar-refractivity contribution in [1.82, 2.24) is 0 Å². The van der Waals surface area contributed by atoms with Gasteiger partial charge in [0.1, 0.15) is 5.83 Å². The second kappa shape index (κ2) is 8.58. The molecule has 0 aliphatic rings. The smallest absolute Gasteiger partial charge is 0.128 e. The van der Waals surface area contributed by atoms with Gasteiger partial charge in [-0.15, -0.1) is 31.4 Å². The van der Waals surface area contributed by atoms with Crippen LogP contribution in [0.5, 0.6) is 0 Å². The van der Waals surface area contributed by atoms with Crippen molar-refractivity contribution < 1.29 is 9.13 Å². The third kappa shape index (κ3) is 7.73. The molecule has 94 valence electrons. The molecule has 0 spiro atoms. The van der Waals surface area contributed by atoms with Crippen molar-refractivity contribution in [2.45, 2.75) is 6.92 Å². The lowest BCUT2D eigenvalue weighted by atomic mass is 10.2. The molecule has 0 saturated carbocycles. The molecule has 0 aliphatic heterocycles. The van der Waals surface area contributed by atoms with Crippen molar-refractivity contribution in [2.24, 2.45) is 0 Å². The van der Waals surface area contributed by atoms with Crippen molar-refractivity contribution in [1.29, 1.82) is 0 Å². The molecule has 1 nitrogen and oxygen atoms in total. The average Bonchev–Trinajstić information content (AvgIpc) is 2.25. The van der Waals surface area contributed by atoms with Gasteiger partial charge in [-0.25, -0.2) is 4.39 Å². The first-order chi connectivity index (χ1) is 7.43. The van der Waals surface area contributed by atoms with Gasteiger partial charge in [-0.2, -0.15) is 0 Å². The fourth-order valence-corrected chi connectivity index (χ4v) is 2.09. The molecule has 1 unspecified atom stereocenters. The zero-order chi connectivity index (χ0) is 12.6. The van der Waals surface area contributed by atoms with E-state index in [4.69, 9.17) is 4.74 Å². The molecule has 0 aromatic heterocycles. The first-order valence-corrected chi connectivity index (χ1v) is 10.1. The van der Waals surface area contributed by atoms with Gasteiger partial charge in [0, 0.05) is 5.57 Å². The Labute approximate surface area is 112 Å². The van der Waals surface area contributed by atoms with Crippen molar-refractivity contribution >= 4 is 41.2 Å². The van der Waals surface area contributed by atoms with Crippen LogP contribution in [0.15, 0.2) is 36.2 Å². The predicted octanol–water partition coefficient (Wildman–Crippen LogP) is 4.72. The fraction of sp³-hybridized carbons (Fsp3) is 0.400. The van der Waals surface area contributed by atoms with Gasteiger partial charge in [-0.05, 0) is 29.1 Å². The Bertz CT molecular complexity index is 287. The van der Waals surface area contributed by atoms with Crippen molar-refractivity contribution in [3.8, 4) is 0 Å². The standard InChI is InChI=1S/C10H17FOS4/c1-4-5-6-10(11)9(2)7-12-8-16(3,14)15-13/h4-6,13-14H,2,7-8H2,1,3H3. The van der Waals surface area contributed by atoms with Crippen molar-refractivity contribution in [3.63, 3.8) is 0 Å². The van der Waals surface area contributed by atoms with Crippen molar-refractivity contribution in [3.05, 3.63) is 36.2 Å². The van der Waals surface area contributed by atoms with Crippen LogP contribution in [0.4, 0.5) is 4.39 Å². The van der Waals surface area contributed by atoms with Crippen LogP contribution in [0, 0.1) is 0 Å². The Morgan fingerprint density at radius 2 is 2.25 bits per heavy atom. The highest BCUT2D eigenvalue weighted by molar-refractivity contribution is 9.33. The van der Waals surface area contributed by atoms with Crippen LogP contribution in [0.3, 0.4) is 0 Å². The van der Waals surface area contributed by atoms with E-state index in [2.05, 4.69) is 29.9 Å². The summed E-state index contributed by atoms with van der Waals surface area (Å²) in [5, 5.41) is 0. The zero-order valence-electron chi connectivity index (χ0n) is 9.35. The predicted molar refractivity (Wildman–Crippen MR) is 83.0 cm³/mol. The molecule has 0 N–H and O–H groups in total. The minimum Gasteiger partial charge on any atom is -0.366 e. The van der Waals surface area contributed by atoms with E-state index in [0.717, 1.165) is 0 Å². The number of halogens is 1. The van der Waals surface area contributed by atoms with Gasteiger partial charge in [-0.3, -0.25) is 0 Å². The summed E-state index contributed by atoms with van der Waals surface area (Å²) in [4.78, 5) is 0. The number of hydrogen-bond donors (Lipinski definition) is 2. The monoisotopic (exact) mass is 300 g/mol. The van der Waals surface area contributed by atoms with E-state index in [1.54, 1.807) is 12.2 Å². The summed E-state index contributed by atoms with van der Waals surface area (Å²) in [6.45, 7) is 5.61. The highest BCUT2D eigenvalue weighted by Crippen LogP contribution is 2.62. The van der Waals surface area contributed by atoms with Gasteiger partial charge < -0.3 is 4.74 Å². The van der Waals surface area contributed by atoms with E-state index in [1.165, 1.54) is 15.9 Å². The number of rotatable bonds is 7. The van der Waals surface area contributed by atoms with Crippen LogP contribution in [0.25, 0.3) is 0 Å². The SMILES string of the molecule is C=C(COCS(C)(S)SS)C(F)=CC=CC. The summed E-state index contributed by atoms with van der Waals surface area (Å²) in [5.41, 5.74) is 0.339. The quantitative estimate of drug-likeness (QED) is 0.400. The lowest BCUT2D eigenvalue weighted by Crippen LogP contribution is -2.01. The molecule has 0 rings (SSSR count). The first-order valence-electron chi connectivity index (χ1n) is 4.48. The molecular formula is C10H17FOS4. The molecule has 0 aliphatic carbocycles. The molecule has 1 atom stereocenters. The Balaban J connectivity index is 4.00. The van der Waals surface area contributed by atoms with Crippen LogP contribution in [-0.2, 0) is 4.74 Å². The third-order valence-corrected chi connectivity index (χ3v) is 8.70. The maximum Gasteiger partial charge on any atom is 0.128 e. The summed E-state index contributed by atoms with van der Waals surface area (Å²) in [6, 6.07) is 0. The molecule has 0 aromatic rings. The summed E-state index contributed by atoms with van der Waals surface area (Å²) in [6.07, 6.45) is 6.70. The van der Waals surface area contributed by atoms with Crippen LogP contribution in [0.2, 0.25) is 0 Å². The van der Waals surface area contributed by atoms with Gasteiger partial charge in [0.15, 0.2) is 0 Å². The number of ether oxygens (including phenoxy) is 1. The number of thiol groups is 2. The molecule has 0 bridgehead atoms. The van der Waals surface area contributed by atoms with Crippen LogP contribution in [0.1, 0.15) is 6.92 Å². The lowest BCUT2D eigenvalue weighted by Gasteiger charge is -2.25. The van der Waals surface area contributed by atoms with Gasteiger partial charge in [0.05, 0.1) is 12.5 Å². The average molecular weight is 301 g/mol. The highest BCUT2D eigenvalue weighted by Gasteiger charge is 2.12. The molecule has 0 fully saturated rings. The van der Waals surface area contributed by atoms with Gasteiger partial charge >= 0.3 is 0 Å². The van der Waals surface area contributed by atoms with E-state index in [1.807, 2.05) is 13.2 Å². The maximum absolute atomic E-state index is 13.3. The van der Waals surface area contributed by atoms with Gasteiger partial charge in [0.2, 0.25) is 0 Å². The summed E-state index contributed by atoms with van der Waals surface area (Å²) >= 11 is 8.49. The van der Waals surface area contributed by atoms with Crippen molar-refractivity contribution in [2.75, 3.05) is 18.8 Å². The van der Waals surface area contributed by atoms with Gasteiger partial charge in [0.25, 0.3) is 0 Å². The molecule has 6 heteroatoms. The molecule has 0 heterocycles. The van der Waals surface area contributed by atoms with E-state index in [0.29, 0.717) is 11.5 Å². The minimum atomic E-state index is -1.20. The van der Waals surface area contributed by atoms with E-state index < -0.39 is 8.09 Å². The molecule has 0 amide bonds. The zero-order valence-corrected chi connectivity index (χ0v) is 12.8. The second-order valence-electron chi connectivity index (χ2n) is 3.14. The summed E-state index contributed by atoms with van der Waals surface area (Å²) < 4.78 is 18.6. The largest absolute Gasteiger partial charge is 0.366 e. The molecule has 16 heavy (non-hydrogen) atoms. The lowest BCUT2D eigenvalue weighted by molar-refractivity contribution is 0.208. The third-order valence-electron chi connectivity index (χ3n) is 1.51. The normalized spacial score (nSPS) is 18.4. The Kier molecular flexibility index (Phi) is 8.85. The number of hydrogen-bond acceptors (Lipinski definition) is 4. The topological polar surface area (TPSA) is 9.23 Å². The molecule has 0 saturated heterocycles. The minimum absolute atomic E-state index is 0.178. The van der Waals surface area contributed by atoms with E-state index >= 15 is 0 Å². The highest BCUT2D eigenvalue weighted by atomic mass is 33.7. The summed E-state index contributed by atoms with van der Waals surface area (Å²) in [7, 11) is 0.167. The van der Waals surface area contributed by atoms with Gasteiger partial charge in [-0.1, -0.05) is 18.7 Å². The van der Waals surface area contributed by atoms with E-state index in [-0.39, 0.29) is 12.4 Å².